The molecular formula is C26H38. The fraction of sp³-hybridized carbons (Fsp3) is 0.385. The highest BCUT2D eigenvalue weighted by Crippen LogP contribution is 2.60. The van der Waals surface area contributed by atoms with E-state index in [-0.39, 0.29) is 20.3 Å². The van der Waals surface area contributed by atoms with E-state index in [9.17, 15) is 0 Å². The lowest BCUT2D eigenvalue weighted by molar-refractivity contribution is 0.618. The van der Waals surface area contributed by atoms with Crippen LogP contribution in [0.2, 0.25) is 0 Å². The molecule has 0 radical (unpaired) electrons. The van der Waals surface area contributed by atoms with Crippen molar-refractivity contribution in [1.29, 1.82) is 0 Å². The first kappa shape index (κ1) is 23.9. The van der Waals surface area contributed by atoms with Crippen molar-refractivity contribution in [2.45, 2.75) is 67.7 Å². The Morgan fingerprint density at radius 3 is 2.27 bits per heavy atom. The van der Waals surface area contributed by atoms with Gasteiger partial charge in [-0.2, -0.15) is 0 Å². The average Bonchev–Trinajstić information content (AvgIpc) is 3.10. The molecule has 0 aromatic heterocycles. The maximum Gasteiger partial charge on any atom is 0.0462 e. The molecule has 26 heavy (non-hydrogen) atoms. The molecule has 3 rings (SSSR count). The van der Waals surface area contributed by atoms with E-state index in [1.165, 1.54) is 46.3 Å². The van der Waals surface area contributed by atoms with Gasteiger partial charge in [-0.3, -0.25) is 0 Å². The standard InChI is InChI=1S/C22H24.C2H6.2CH4/c1-5-8-12-20-16(4)14-15-22(20)19(7-3)17(6-2)18-11-9-10-13-21(18)22;1-2;;/h5-13H,1,14-15H2,2-4H3;1-2H3;2*1H4/b12-8-,17-6-,19-7+;;;. The quantitative estimate of drug-likeness (QED) is 0.469. The highest BCUT2D eigenvalue weighted by molar-refractivity contribution is 5.92. The maximum atomic E-state index is 3.84. The van der Waals surface area contributed by atoms with Gasteiger partial charge in [0, 0.05) is 5.41 Å². The van der Waals surface area contributed by atoms with Crippen LogP contribution in [-0.2, 0) is 5.41 Å². The Balaban J connectivity index is 0.00000151. The van der Waals surface area contributed by atoms with Gasteiger partial charge in [0.1, 0.15) is 0 Å². The van der Waals surface area contributed by atoms with Crippen LogP contribution in [0.4, 0.5) is 0 Å². The van der Waals surface area contributed by atoms with Crippen LogP contribution in [0, 0.1) is 0 Å². The third-order valence-electron chi connectivity index (χ3n) is 5.20. The fourth-order valence-electron chi connectivity index (χ4n) is 4.34. The van der Waals surface area contributed by atoms with E-state index < -0.39 is 0 Å². The van der Waals surface area contributed by atoms with Crippen molar-refractivity contribution in [3.63, 3.8) is 0 Å². The van der Waals surface area contributed by atoms with Gasteiger partial charge in [0.25, 0.3) is 0 Å². The van der Waals surface area contributed by atoms with Crippen molar-refractivity contribution in [1.82, 2.24) is 0 Å². The maximum absolute atomic E-state index is 3.84. The van der Waals surface area contributed by atoms with E-state index in [0.29, 0.717) is 0 Å². The van der Waals surface area contributed by atoms with Crippen molar-refractivity contribution in [3.8, 4) is 0 Å². The normalized spacial score (nSPS) is 23.6. The van der Waals surface area contributed by atoms with Crippen LogP contribution in [0.25, 0.3) is 5.57 Å². The Kier molecular flexibility index (Phi) is 9.35. The van der Waals surface area contributed by atoms with E-state index in [2.05, 4.69) is 75.9 Å². The van der Waals surface area contributed by atoms with Crippen LogP contribution < -0.4 is 0 Å². The summed E-state index contributed by atoms with van der Waals surface area (Å²) in [6.45, 7) is 14.4. The molecule has 0 aliphatic heterocycles. The molecular weight excluding hydrogens is 312 g/mol. The number of rotatable bonds is 2. The summed E-state index contributed by atoms with van der Waals surface area (Å²) in [6, 6.07) is 8.91. The molecule has 0 heterocycles. The van der Waals surface area contributed by atoms with Crippen molar-refractivity contribution >= 4 is 5.57 Å². The van der Waals surface area contributed by atoms with Gasteiger partial charge in [0.05, 0.1) is 0 Å². The number of allylic oxidation sites excluding steroid dienone is 9. The summed E-state index contributed by atoms with van der Waals surface area (Å²) in [5.74, 6) is 0. The zero-order valence-electron chi connectivity index (χ0n) is 15.8. The van der Waals surface area contributed by atoms with Gasteiger partial charge in [0.2, 0.25) is 0 Å². The molecule has 2 aliphatic rings. The van der Waals surface area contributed by atoms with Gasteiger partial charge in [-0.1, -0.05) is 95.5 Å². The Morgan fingerprint density at radius 1 is 1.04 bits per heavy atom. The van der Waals surface area contributed by atoms with E-state index in [1.54, 1.807) is 0 Å². The van der Waals surface area contributed by atoms with Crippen LogP contribution in [0.5, 0.6) is 0 Å². The molecule has 0 saturated carbocycles. The summed E-state index contributed by atoms with van der Waals surface area (Å²) in [5.41, 5.74) is 8.74. The van der Waals surface area contributed by atoms with E-state index >= 15 is 0 Å². The van der Waals surface area contributed by atoms with Crippen molar-refractivity contribution in [2.75, 3.05) is 0 Å². The van der Waals surface area contributed by atoms with Gasteiger partial charge in [-0.25, -0.2) is 0 Å². The monoisotopic (exact) mass is 350 g/mol. The Labute approximate surface area is 162 Å². The first-order chi connectivity index (χ1) is 11.7. The lowest BCUT2D eigenvalue weighted by Crippen LogP contribution is -2.24. The van der Waals surface area contributed by atoms with Crippen LogP contribution in [-0.4, -0.2) is 0 Å². The molecule has 0 nitrogen and oxygen atoms in total. The molecule has 1 aromatic carbocycles. The zero-order chi connectivity index (χ0) is 17.7. The largest absolute Gasteiger partial charge is 0.0991 e. The smallest absolute Gasteiger partial charge is 0.0462 e. The topological polar surface area (TPSA) is 0 Å². The molecule has 142 valence electrons. The molecule has 0 saturated heterocycles. The van der Waals surface area contributed by atoms with Gasteiger partial charge in [-0.05, 0) is 61.5 Å². The summed E-state index contributed by atoms with van der Waals surface area (Å²) < 4.78 is 0. The van der Waals surface area contributed by atoms with Crippen molar-refractivity contribution in [2.24, 2.45) is 0 Å². The second-order valence-electron chi connectivity index (χ2n) is 6.14. The molecule has 0 fully saturated rings. The van der Waals surface area contributed by atoms with Crippen LogP contribution in [0.1, 0.15) is 73.4 Å². The van der Waals surface area contributed by atoms with Gasteiger partial charge in [-0.15, -0.1) is 0 Å². The predicted molar refractivity (Wildman–Crippen MR) is 122 cm³/mol. The SMILES string of the molecule is C.C.C=C/C=C\C1=C(C)CCC12C(=C/C)/C(=C\C)c1ccccc12.CC. The van der Waals surface area contributed by atoms with Gasteiger partial charge >= 0.3 is 0 Å². The fourth-order valence-corrected chi connectivity index (χ4v) is 4.34. The Bertz CT molecular complexity index is 737. The molecule has 0 bridgehead atoms. The Hall–Kier alpha value is -2.08. The van der Waals surface area contributed by atoms with Gasteiger partial charge in [0.15, 0.2) is 0 Å². The lowest BCUT2D eigenvalue weighted by atomic mass is 9.72. The van der Waals surface area contributed by atoms with Crippen LogP contribution in [0.15, 0.2) is 77.9 Å². The van der Waals surface area contributed by atoms with Crippen molar-refractivity contribution < 1.29 is 0 Å². The second kappa shape index (κ2) is 10.2. The van der Waals surface area contributed by atoms with Crippen molar-refractivity contribution in [3.05, 3.63) is 89.1 Å². The second-order valence-corrected chi connectivity index (χ2v) is 6.14. The highest BCUT2D eigenvalue weighted by Gasteiger charge is 2.49. The first-order valence-electron chi connectivity index (χ1n) is 9.13. The number of fused-ring (bicyclic) bond motifs is 2. The molecule has 0 N–H and O–H groups in total. The highest BCUT2D eigenvalue weighted by atomic mass is 14.5. The first-order valence-corrected chi connectivity index (χ1v) is 9.13. The molecule has 0 heteroatoms. The molecule has 1 atom stereocenters. The van der Waals surface area contributed by atoms with Crippen LogP contribution >= 0.6 is 0 Å². The number of hydrogen-bond donors (Lipinski definition) is 0. The summed E-state index contributed by atoms with van der Waals surface area (Å²) in [7, 11) is 0. The summed E-state index contributed by atoms with van der Waals surface area (Å²) >= 11 is 0. The number of benzene rings is 1. The minimum Gasteiger partial charge on any atom is -0.0991 e. The molecule has 0 amide bonds. The minimum absolute atomic E-state index is 0. The molecule has 2 aliphatic carbocycles. The van der Waals surface area contributed by atoms with E-state index in [4.69, 9.17) is 0 Å². The predicted octanol–water partition coefficient (Wildman–Crippen LogP) is 8.44. The summed E-state index contributed by atoms with van der Waals surface area (Å²) in [5, 5.41) is 0. The molecule has 1 spiro atoms. The third-order valence-corrected chi connectivity index (χ3v) is 5.20. The average molecular weight is 351 g/mol. The Morgan fingerprint density at radius 2 is 1.69 bits per heavy atom. The van der Waals surface area contributed by atoms with Gasteiger partial charge < -0.3 is 0 Å². The number of hydrogen-bond acceptors (Lipinski definition) is 0. The lowest BCUT2D eigenvalue weighted by Gasteiger charge is -2.30. The molecule has 1 unspecified atom stereocenters. The minimum atomic E-state index is 0. The molecule has 1 aromatic rings. The summed E-state index contributed by atoms with van der Waals surface area (Å²) in [4.78, 5) is 0. The van der Waals surface area contributed by atoms with E-state index in [1.807, 2.05) is 19.9 Å². The summed E-state index contributed by atoms with van der Waals surface area (Å²) in [6.07, 6.45) is 13.1. The zero-order valence-corrected chi connectivity index (χ0v) is 15.8. The van der Waals surface area contributed by atoms with Crippen LogP contribution in [0.3, 0.4) is 0 Å². The third kappa shape index (κ3) is 3.43. The van der Waals surface area contributed by atoms with E-state index in [0.717, 1.165) is 0 Å².